The van der Waals surface area contributed by atoms with E-state index in [1.165, 1.54) is 36.3 Å². The van der Waals surface area contributed by atoms with Gasteiger partial charge in [-0.1, -0.05) is 18.2 Å². The lowest BCUT2D eigenvalue weighted by molar-refractivity contribution is -0.122. The lowest BCUT2D eigenvalue weighted by Gasteiger charge is -2.15. The SMILES string of the molecule is COc1cc(O)cc(/C=C(/C(=O)N(C)C)c2ccc(NC(=O)c3cccc(O)c3)cc2)c1. The average molecular weight is 432 g/mol. The van der Waals surface area contributed by atoms with Gasteiger partial charge in [0, 0.05) is 37.0 Å². The topological polar surface area (TPSA) is 99.1 Å². The van der Waals surface area contributed by atoms with Gasteiger partial charge in [0.15, 0.2) is 0 Å². The molecule has 0 spiro atoms. The molecule has 3 N–H and O–H groups in total. The predicted molar refractivity (Wildman–Crippen MR) is 124 cm³/mol. The minimum absolute atomic E-state index is 0.00792. The van der Waals surface area contributed by atoms with Crippen LogP contribution in [0.2, 0.25) is 0 Å². The van der Waals surface area contributed by atoms with Crippen LogP contribution in [0.5, 0.6) is 17.2 Å². The molecule has 0 fully saturated rings. The first-order chi connectivity index (χ1) is 15.3. The standard InChI is InChI=1S/C25H24N2O5/c1-27(2)25(31)23(13-16-11-21(29)15-22(12-16)32-3)17-7-9-19(10-8-17)26-24(30)18-5-4-6-20(28)14-18/h4-15,28-29H,1-3H3,(H,26,30)/b23-13+. The van der Waals surface area contributed by atoms with Gasteiger partial charge in [-0.05, 0) is 59.7 Å². The first kappa shape index (κ1) is 22.4. The molecule has 0 aliphatic heterocycles. The summed E-state index contributed by atoms with van der Waals surface area (Å²) in [5, 5.41) is 22.2. The van der Waals surface area contributed by atoms with Crippen molar-refractivity contribution in [3.63, 3.8) is 0 Å². The number of hydrogen-bond acceptors (Lipinski definition) is 5. The maximum absolute atomic E-state index is 12.8. The van der Waals surface area contributed by atoms with E-state index >= 15 is 0 Å². The van der Waals surface area contributed by atoms with E-state index in [-0.39, 0.29) is 23.3 Å². The number of benzene rings is 3. The Morgan fingerprint density at radius 3 is 2.25 bits per heavy atom. The summed E-state index contributed by atoms with van der Waals surface area (Å²) in [5.74, 6) is -0.0757. The van der Waals surface area contributed by atoms with Crippen molar-refractivity contribution in [2.24, 2.45) is 0 Å². The normalized spacial score (nSPS) is 11.0. The average Bonchev–Trinajstić information content (AvgIpc) is 2.77. The van der Waals surface area contributed by atoms with Gasteiger partial charge in [0.2, 0.25) is 0 Å². The van der Waals surface area contributed by atoms with Crippen LogP contribution in [0.3, 0.4) is 0 Å². The highest BCUT2D eigenvalue weighted by Gasteiger charge is 2.15. The number of nitrogens with zero attached hydrogens (tertiary/aromatic N) is 1. The van der Waals surface area contributed by atoms with Crippen molar-refractivity contribution in [3.05, 3.63) is 83.4 Å². The quantitative estimate of drug-likeness (QED) is 0.404. The highest BCUT2D eigenvalue weighted by atomic mass is 16.5. The first-order valence-electron chi connectivity index (χ1n) is 9.79. The first-order valence-corrected chi connectivity index (χ1v) is 9.79. The van der Waals surface area contributed by atoms with Crippen molar-refractivity contribution in [3.8, 4) is 17.2 Å². The van der Waals surface area contributed by atoms with Crippen molar-refractivity contribution in [1.29, 1.82) is 0 Å². The van der Waals surface area contributed by atoms with Gasteiger partial charge in [0.05, 0.1) is 7.11 Å². The fourth-order valence-corrected chi connectivity index (χ4v) is 3.07. The number of likely N-dealkylation sites (N-methyl/N-ethyl adjacent to an activating group) is 1. The van der Waals surface area contributed by atoms with Crippen LogP contribution in [0.25, 0.3) is 11.6 Å². The number of anilines is 1. The van der Waals surface area contributed by atoms with Gasteiger partial charge in [-0.15, -0.1) is 0 Å². The second kappa shape index (κ2) is 9.70. The van der Waals surface area contributed by atoms with Crippen LogP contribution in [0.15, 0.2) is 66.7 Å². The van der Waals surface area contributed by atoms with Crippen LogP contribution in [-0.4, -0.2) is 48.1 Å². The Kier molecular flexibility index (Phi) is 6.80. The van der Waals surface area contributed by atoms with E-state index in [4.69, 9.17) is 4.74 Å². The van der Waals surface area contributed by atoms with Gasteiger partial charge >= 0.3 is 0 Å². The van der Waals surface area contributed by atoms with Crippen LogP contribution in [0.4, 0.5) is 5.69 Å². The van der Waals surface area contributed by atoms with E-state index < -0.39 is 0 Å². The molecule has 3 aromatic rings. The summed E-state index contributed by atoms with van der Waals surface area (Å²) < 4.78 is 5.19. The van der Waals surface area contributed by atoms with Crippen molar-refractivity contribution < 1.29 is 24.5 Å². The summed E-state index contributed by atoms with van der Waals surface area (Å²) in [7, 11) is 4.81. The molecule has 3 aromatic carbocycles. The molecule has 2 amide bonds. The van der Waals surface area contributed by atoms with E-state index in [1.54, 1.807) is 62.6 Å². The number of hydrogen-bond donors (Lipinski definition) is 3. The van der Waals surface area contributed by atoms with Gasteiger partial charge in [0.25, 0.3) is 11.8 Å². The highest BCUT2D eigenvalue weighted by Crippen LogP contribution is 2.27. The fraction of sp³-hybridized carbons (Fsp3) is 0.120. The second-order valence-electron chi connectivity index (χ2n) is 7.30. The third-order valence-electron chi connectivity index (χ3n) is 4.66. The second-order valence-corrected chi connectivity index (χ2v) is 7.30. The fourth-order valence-electron chi connectivity index (χ4n) is 3.07. The lowest BCUT2D eigenvalue weighted by atomic mass is 10.0. The number of phenols is 2. The maximum atomic E-state index is 12.8. The summed E-state index contributed by atoms with van der Waals surface area (Å²) in [6.45, 7) is 0. The number of methoxy groups -OCH3 is 1. The van der Waals surface area contributed by atoms with E-state index in [0.717, 1.165) is 0 Å². The van der Waals surface area contributed by atoms with Crippen molar-refractivity contribution in [2.75, 3.05) is 26.5 Å². The lowest BCUT2D eigenvalue weighted by Crippen LogP contribution is -2.22. The Morgan fingerprint density at radius 2 is 1.62 bits per heavy atom. The van der Waals surface area contributed by atoms with E-state index in [2.05, 4.69) is 5.32 Å². The molecule has 0 radical (unpaired) electrons. The molecular weight excluding hydrogens is 408 g/mol. The molecule has 0 aliphatic carbocycles. The van der Waals surface area contributed by atoms with Crippen molar-refractivity contribution >= 4 is 29.2 Å². The molecule has 0 heterocycles. The van der Waals surface area contributed by atoms with E-state index in [1.807, 2.05) is 0 Å². The van der Waals surface area contributed by atoms with Crippen molar-refractivity contribution in [2.45, 2.75) is 0 Å². The minimum Gasteiger partial charge on any atom is -0.508 e. The van der Waals surface area contributed by atoms with E-state index in [0.29, 0.717) is 33.7 Å². The summed E-state index contributed by atoms with van der Waals surface area (Å²) in [4.78, 5) is 26.7. The molecule has 164 valence electrons. The number of aromatic hydroxyl groups is 2. The molecule has 0 unspecified atom stereocenters. The third kappa shape index (κ3) is 5.46. The molecule has 7 heteroatoms. The maximum Gasteiger partial charge on any atom is 0.255 e. The molecule has 32 heavy (non-hydrogen) atoms. The van der Waals surface area contributed by atoms with Gasteiger partial charge in [-0.3, -0.25) is 9.59 Å². The Morgan fingerprint density at radius 1 is 0.906 bits per heavy atom. The Balaban J connectivity index is 1.90. The predicted octanol–water partition coefficient (Wildman–Crippen LogP) is 3.99. The number of rotatable bonds is 6. The Bertz CT molecular complexity index is 1170. The van der Waals surface area contributed by atoms with Gasteiger partial charge in [-0.25, -0.2) is 0 Å². The third-order valence-corrected chi connectivity index (χ3v) is 4.66. The molecule has 0 aliphatic rings. The monoisotopic (exact) mass is 432 g/mol. The Hall–Kier alpha value is -4.26. The number of amides is 2. The zero-order valence-corrected chi connectivity index (χ0v) is 18.0. The van der Waals surface area contributed by atoms with Crippen LogP contribution in [0, 0.1) is 0 Å². The number of nitrogens with one attached hydrogen (secondary N) is 1. The van der Waals surface area contributed by atoms with Crippen LogP contribution < -0.4 is 10.1 Å². The van der Waals surface area contributed by atoms with Crippen LogP contribution in [0.1, 0.15) is 21.5 Å². The summed E-state index contributed by atoms with van der Waals surface area (Å²) >= 11 is 0. The van der Waals surface area contributed by atoms with Gasteiger partial charge < -0.3 is 25.2 Å². The largest absolute Gasteiger partial charge is 0.508 e. The van der Waals surface area contributed by atoms with Gasteiger partial charge in [-0.2, -0.15) is 0 Å². The summed E-state index contributed by atoms with van der Waals surface area (Å²) in [6.07, 6.45) is 1.67. The van der Waals surface area contributed by atoms with Crippen LogP contribution in [-0.2, 0) is 4.79 Å². The summed E-state index contributed by atoms with van der Waals surface area (Å²) in [6, 6.07) is 17.6. The molecule has 0 saturated carbocycles. The molecule has 7 nitrogen and oxygen atoms in total. The Labute approximate surface area is 186 Å². The molecule has 0 atom stereocenters. The minimum atomic E-state index is -0.361. The number of carbonyl (C=O) groups excluding carboxylic acids is 2. The summed E-state index contributed by atoms with van der Waals surface area (Å²) in [5.41, 5.74) is 2.52. The molecule has 0 saturated heterocycles. The number of carbonyl (C=O) groups is 2. The number of ether oxygens (including phenoxy) is 1. The molecule has 3 rings (SSSR count). The zero-order chi connectivity index (χ0) is 23.3. The van der Waals surface area contributed by atoms with Gasteiger partial charge in [0.1, 0.15) is 17.2 Å². The molecule has 0 aromatic heterocycles. The smallest absolute Gasteiger partial charge is 0.255 e. The number of phenolic OH excluding ortho intramolecular Hbond substituents is 2. The zero-order valence-electron chi connectivity index (χ0n) is 18.0. The van der Waals surface area contributed by atoms with Crippen LogP contribution >= 0.6 is 0 Å². The highest BCUT2D eigenvalue weighted by molar-refractivity contribution is 6.24. The molecular formula is C25H24N2O5. The van der Waals surface area contributed by atoms with Crippen molar-refractivity contribution in [1.82, 2.24) is 4.90 Å². The van der Waals surface area contributed by atoms with E-state index in [9.17, 15) is 19.8 Å². The molecule has 0 bridgehead atoms.